The molecule has 6 rings (SSSR count). The van der Waals surface area contributed by atoms with Gasteiger partial charge in [-0.05, 0) is 30.9 Å². The number of nitrogens with zero attached hydrogens (tertiary/aromatic N) is 1. The number of likely N-dealkylation sites (tertiary alicyclic amines) is 1. The number of piperidine rings is 1. The molecule has 5 atom stereocenters. The molecule has 5 nitrogen and oxygen atoms in total. The minimum absolute atomic E-state index is 0.0805. The predicted molar refractivity (Wildman–Crippen MR) is 98.8 cm³/mol. The van der Waals surface area contributed by atoms with E-state index in [0.717, 1.165) is 47.5 Å². The first-order chi connectivity index (χ1) is 12.9. The highest BCUT2D eigenvalue weighted by atomic mass is 16.5. The smallest absolute Gasteiger partial charge is 0.174 e. The maximum absolute atomic E-state index is 12.8. The molecule has 1 spiro atoms. The third kappa shape index (κ3) is 1.72. The lowest BCUT2D eigenvalue weighted by atomic mass is 9.48. The van der Waals surface area contributed by atoms with Gasteiger partial charge < -0.3 is 19.4 Å². The van der Waals surface area contributed by atoms with E-state index >= 15 is 0 Å². The molecule has 1 saturated heterocycles. The maximum atomic E-state index is 12.8. The number of phenolic OH excluding ortho intramolecular Hbond substituents is 1. The standard InChI is InChI=1S/C22H27NO4/c1-23(12-13-3-2-4-13)10-9-21-18-14-5-6-15(24)19(18)27-20(21)16(25)7-8-22(21,26)17(23)11-14/h5-6,13,17,20,26H,2-4,7-12H2,1H3/p+1/t17-,20+,21+,22?,23-/m1/s1. The summed E-state index contributed by atoms with van der Waals surface area (Å²) in [7, 11) is 2.32. The summed E-state index contributed by atoms with van der Waals surface area (Å²) >= 11 is 0. The summed E-state index contributed by atoms with van der Waals surface area (Å²) in [4.78, 5) is 12.8. The number of phenols is 1. The first-order valence-corrected chi connectivity index (χ1v) is 10.5. The van der Waals surface area contributed by atoms with Gasteiger partial charge in [-0.2, -0.15) is 0 Å². The molecule has 3 fully saturated rings. The summed E-state index contributed by atoms with van der Waals surface area (Å²) in [6.07, 6.45) is 5.75. The molecule has 0 aromatic heterocycles. The molecule has 5 heteroatoms. The van der Waals surface area contributed by atoms with E-state index in [1.165, 1.54) is 19.3 Å². The van der Waals surface area contributed by atoms with Gasteiger partial charge in [-0.25, -0.2) is 0 Å². The van der Waals surface area contributed by atoms with Crippen molar-refractivity contribution in [3.63, 3.8) is 0 Å². The van der Waals surface area contributed by atoms with E-state index in [0.29, 0.717) is 18.6 Å². The van der Waals surface area contributed by atoms with Crippen molar-refractivity contribution in [2.45, 2.75) is 68.1 Å². The van der Waals surface area contributed by atoms with Gasteiger partial charge in [-0.15, -0.1) is 0 Å². The number of likely N-dealkylation sites (N-methyl/N-ethyl adjacent to an activating group) is 1. The van der Waals surface area contributed by atoms with E-state index in [1.54, 1.807) is 6.07 Å². The van der Waals surface area contributed by atoms with Gasteiger partial charge in [0.05, 0.1) is 25.6 Å². The van der Waals surface area contributed by atoms with Gasteiger partial charge in [0.2, 0.25) is 0 Å². The normalized spacial score (nSPS) is 44.4. The topological polar surface area (TPSA) is 66.8 Å². The SMILES string of the molecule is C[N@+]1(CC2CCC2)CC[C@]23c4c5ccc(O)c4O[C@H]2C(=O)CCC3(O)[C@H]1C5. The Hall–Kier alpha value is -1.59. The van der Waals surface area contributed by atoms with Crippen molar-refractivity contribution in [2.75, 3.05) is 20.1 Å². The summed E-state index contributed by atoms with van der Waals surface area (Å²) in [5.74, 6) is 1.41. The van der Waals surface area contributed by atoms with Crippen LogP contribution in [0.3, 0.4) is 0 Å². The van der Waals surface area contributed by atoms with Gasteiger partial charge in [0.1, 0.15) is 11.6 Å². The summed E-state index contributed by atoms with van der Waals surface area (Å²) in [5.41, 5.74) is 0.488. The molecule has 0 amide bonds. The lowest BCUT2D eigenvalue weighted by Crippen LogP contribution is -2.81. The molecule has 2 saturated carbocycles. The number of rotatable bonds is 2. The lowest BCUT2D eigenvalue weighted by molar-refractivity contribution is -0.952. The number of Topliss-reactive ketones (excluding diaryl/α,β-unsaturated/α-hetero) is 1. The van der Waals surface area contributed by atoms with Crippen LogP contribution in [0, 0.1) is 5.92 Å². The molecule has 2 N–H and O–H groups in total. The Morgan fingerprint density at radius 1 is 1.30 bits per heavy atom. The van der Waals surface area contributed by atoms with E-state index < -0.39 is 17.1 Å². The average molecular weight is 370 g/mol. The maximum Gasteiger partial charge on any atom is 0.174 e. The molecule has 144 valence electrons. The summed E-state index contributed by atoms with van der Waals surface area (Å²) < 4.78 is 7.00. The molecule has 0 radical (unpaired) electrons. The van der Waals surface area contributed by atoms with Crippen molar-refractivity contribution >= 4 is 5.78 Å². The fraction of sp³-hybridized carbons (Fsp3) is 0.682. The number of quaternary nitrogens is 1. The van der Waals surface area contributed by atoms with Crippen LogP contribution in [-0.2, 0) is 16.6 Å². The largest absolute Gasteiger partial charge is 0.504 e. The van der Waals surface area contributed by atoms with Crippen LogP contribution in [0.5, 0.6) is 11.5 Å². The second kappa shape index (κ2) is 4.87. The number of aliphatic hydroxyl groups is 1. The number of aromatic hydroxyl groups is 1. The van der Waals surface area contributed by atoms with Crippen molar-refractivity contribution in [2.24, 2.45) is 5.92 Å². The third-order valence-electron chi connectivity index (χ3n) is 8.80. The quantitative estimate of drug-likeness (QED) is 0.782. The minimum Gasteiger partial charge on any atom is -0.504 e. The molecular formula is C22H28NO4+. The van der Waals surface area contributed by atoms with E-state index in [1.807, 2.05) is 6.07 Å². The molecule has 1 aromatic rings. The molecule has 1 aromatic carbocycles. The Morgan fingerprint density at radius 3 is 2.85 bits per heavy atom. The van der Waals surface area contributed by atoms with Crippen molar-refractivity contribution in [3.8, 4) is 11.5 Å². The zero-order chi connectivity index (χ0) is 18.6. The molecule has 1 unspecified atom stereocenters. The second-order valence-electron chi connectivity index (χ2n) is 9.96. The minimum atomic E-state index is -0.936. The molecule has 2 bridgehead atoms. The molecule has 5 aliphatic rings. The van der Waals surface area contributed by atoms with Crippen LogP contribution >= 0.6 is 0 Å². The molecule has 27 heavy (non-hydrogen) atoms. The Morgan fingerprint density at radius 2 is 2.11 bits per heavy atom. The first-order valence-electron chi connectivity index (χ1n) is 10.5. The molecule has 2 aliphatic heterocycles. The van der Waals surface area contributed by atoms with E-state index in [4.69, 9.17) is 4.74 Å². The molecular weight excluding hydrogens is 342 g/mol. The lowest BCUT2D eigenvalue weighted by Gasteiger charge is -2.64. The Balaban J connectivity index is 1.56. The Labute approximate surface area is 159 Å². The van der Waals surface area contributed by atoms with Crippen LogP contribution in [-0.4, -0.2) is 58.4 Å². The van der Waals surface area contributed by atoms with Crippen LogP contribution in [0.4, 0.5) is 0 Å². The zero-order valence-corrected chi connectivity index (χ0v) is 15.9. The van der Waals surface area contributed by atoms with Crippen molar-refractivity contribution in [1.29, 1.82) is 0 Å². The average Bonchev–Trinajstić information content (AvgIpc) is 2.97. The van der Waals surface area contributed by atoms with Gasteiger partial charge in [0, 0.05) is 30.7 Å². The monoisotopic (exact) mass is 370 g/mol. The fourth-order valence-corrected chi connectivity index (χ4v) is 7.31. The fourth-order valence-electron chi connectivity index (χ4n) is 7.31. The number of carbonyl (C=O) groups is 1. The predicted octanol–water partition coefficient (Wildman–Crippen LogP) is 2.06. The van der Waals surface area contributed by atoms with E-state index in [-0.39, 0.29) is 17.6 Å². The third-order valence-corrected chi connectivity index (χ3v) is 8.80. The van der Waals surface area contributed by atoms with Gasteiger partial charge in [-0.3, -0.25) is 4.79 Å². The first kappa shape index (κ1) is 16.4. The van der Waals surface area contributed by atoms with E-state index in [9.17, 15) is 15.0 Å². The van der Waals surface area contributed by atoms with Gasteiger partial charge in [-0.1, -0.05) is 12.5 Å². The summed E-state index contributed by atoms with van der Waals surface area (Å²) in [6, 6.07) is 3.78. The van der Waals surface area contributed by atoms with Crippen LogP contribution < -0.4 is 4.74 Å². The van der Waals surface area contributed by atoms with Crippen LogP contribution in [0.2, 0.25) is 0 Å². The molecule has 3 aliphatic carbocycles. The summed E-state index contributed by atoms with van der Waals surface area (Å²) in [6.45, 7) is 2.09. The van der Waals surface area contributed by atoms with Gasteiger partial charge in [0.15, 0.2) is 23.4 Å². The van der Waals surface area contributed by atoms with Crippen molar-refractivity contribution in [3.05, 3.63) is 23.3 Å². The number of ketones is 1. The number of ether oxygens (including phenoxy) is 1. The second-order valence-corrected chi connectivity index (χ2v) is 9.96. The Bertz CT molecular complexity index is 864. The van der Waals surface area contributed by atoms with Crippen LogP contribution in [0.1, 0.15) is 49.7 Å². The van der Waals surface area contributed by atoms with Crippen LogP contribution in [0.25, 0.3) is 0 Å². The number of hydrogen-bond acceptors (Lipinski definition) is 4. The molecule has 2 heterocycles. The van der Waals surface area contributed by atoms with Gasteiger partial charge >= 0.3 is 0 Å². The number of hydrogen-bond donors (Lipinski definition) is 2. The highest BCUT2D eigenvalue weighted by Gasteiger charge is 2.76. The van der Waals surface area contributed by atoms with Crippen LogP contribution in [0.15, 0.2) is 12.1 Å². The van der Waals surface area contributed by atoms with Crippen molar-refractivity contribution < 1.29 is 24.2 Å². The summed E-state index contributed by atoms with van der Waals surface area (Å²) in [5, 5.41) is 22.6. The van der Waals surface area contributed by atoms with Gasteiger partial charge in [0.25, 0.3) is 0 Å². The Kier molecular flexibility index (Phi) is 2.95. The highest BCUT2D eigenvalue weighted by molar-refractivity contribution is 5.90. The number of carbonyl (C=O) groups excluding carboxylic acids is 1. The zero-order valence-electron chi connectivity index (χ0n) is 15.9. The van der Waals surface area contributed by atoms with Crippen molar-refractivity contribution in [1.82, 2.24) is 0 Å². The van der Waals surface area contributed by atoms with E-state index in [2.05, 4.69) is 7.05 Å². The highest BCUT2D eigenvalue weighted by Crippen LogP contribution is 2.65. The number of benzene rings is 1.